The molecule has 0 rings (SSSR count). The van der Waals surface area contributed by atoms with Crippen molar-refractivity contribution in [1.29, 1.82) is 0 Å². The number of ketones is 4. The average molecular weight is 228 g/mol. The lowest BCUT2D eigenvalue weighted by Crippen LogP contribution is -1.97. The summed E-state index contributed by atoms with van der Waals surface area (Å²) in [6, 6.07) is 0. The van der Waals surface area contributed by atoms with E-state index in [2.05, 4.69) is 0 Å². The van der Waals surface area contributed by atoms with Gasteiger partial charge in [0.05, 0.1) is 6.42 Å². The van der Waals surface area contributed by atoms with Gasteiger partial charge >= 0.3 is 0 Å². The van der Waals surface area contributed by atoms with Gasteiger partial charge < -0.3 is 9.59 Å². The molecule has 0 amide bonds. The van der Waals surface area contributed by atoms with Crippen molar-refractivity contribution in [2.45, 2.75) is 53.4 Å². The van der Waals surface area contributed by atoms with Crippen LogP contribution in [0, 0.1) is 0 Å². The average Bonchev–Trinajstić information content (AvgIpc) is 2.00. The first-order valence-corrected chi connectivity index (χ1v) is 5.23. The predicted molar refractivity (Wildman–Crippen MR) is 61.2 cm³/mol. The Kier molecular flexibility index (Phi) is 10.9. The number of rotatable bonds is 6. The van der Waals surface area contributed by atoms with E-state index < -0.39 is 0 Å². The molecule has 0 aliphatic carbocycles. The van der Waals surface area contributed by atoms with E-state index in [1.54, 1.807) is 13.8 Å². The lowest BCUT2D eigenvalue weighted by Gasteiger charge is -1.90. The molecule has 0 N–H and O–H groups in total. The van der Waals surface area contributed by atoms with E-state index >= 15 is 0 Å². The van der Waals surface area contributed by atoms with Crippen molar-refractivity contribution in [3.63, 3.8) is 0 Å². The second kappa shape index (κ2) is 10.2. The summed E-state index contributed by atoms with van der Waals surface area (Å²) in [4.78, 5) is 40.7. The van der Waals surface area contributed by atoms with Gasteiger partial charge in [-0.15, -0.1) is 0 Å². The highest BCUT2D eigenvalue weighted by Gasteiger charge is 1.95. The molecule has 0 bridgehead atoms. The molecule has 16 heavy (non-hydrogen) atoms. The van der Waals surface area contributed by atoms with Gasteiger partial charge in [0.25, 0.3) is 0 Å². The minimum absolute atomic E-state index is 0.0625. The summed E-state index contributed by atoms with van der Waals surface area (Å²) in [7, 11) is 0. The molecule has 92 valence electrons. The number of hydrogen-bond donors (Lipinski definition) is 0. The Morgan fingerprint density at radius 2 is 0.938 bits per heavy atom. The van der Waals surface area contributed by atoms with Crippen LogP contribution in [0.5, 0.6) is 0 Å². The molecule has 4 nitrogen and oxygen atoms in total. The van der Waals surface area contributed by atoms with Crippen LogP contribution in [0.4, 0.5) is 0 Å². The van der Waals surface area contributed by atoms with Gasteiger partial charge in [-0.25, -0.2) is 0 Å². The summed E-state index contributed by atoms with van der Waals surface area (Å²) in [6.45, 7) is 5.89. The standard InChI is InChI=1S/C7H12O2.C5H8O2/c1-6(8)4-3-5-7(2)9;1-4(6)3-5(2)7/h3-5H2,1-2H3;3H2,1-2H3. The molecule has 0 atom stereocenters. The largest absolute Gasteiger partial charge is 0.300 e. The molecule has 0 saturated carbocycles. The SMILES string of the molecule is CC(=O)CC(C)=O.CC(=O)CCCC(C)=O. The quantitative estimate of drug-likeness (QED) is 0.651. The van der Waals surface area contributed by atoms with Crippen molar-refractivity contribution in [1.82, 2.24) is 0 Å². The fraction of sp³-hybridized carbons (Fsp3) is 0.667. The maximum atomic E-state index is 10.3. The van der Waals surface area contributed by atoms with Gasteiger partial charge in [0.2, 0.25) is 0 Å². The Balaban J connectivity index is 0. The van der Waals surface area contributed by atoms with Gasteiger partial charge in [0.15, 0.2) is 0 Å². The van der Waals surface area contributed by atoms with Crippen molar-refractivity contribution in [3.05, 3.63) is 0 Å². The van der Waals surface area contributed by atoms with E-state index in [9.17, 15) is 19.2 Å². The summed E-state index contributed by atoms with van der Waals surface area (Å²) in [5.74, 6) is 0.201. The van der Waals surface area contributed by atoms with Crippen LogP contribution < -0.4 is 0 Å². The maximum Gasteiger partial charge on any atom is 0.137 e. The highest BCUT2D eigenvalue weighted by Crippen LogP contribution is 1.95. The highest BCUT2D eigenvalue weighted by atomic mass is 16.1. The van der Waals surface area contributed by atoms with Crippen LogP contribution in [0.1, 0.15) is 53.4 Å². The monoisotopic (exact) mass is 228 g/mol. The van der Waals surface area contributed by atoms with E-state index in [0.717, 1.165) is 0 Å². The zero-order valence-corrected chi connectivity index (χ0v) is 10.5. The third kappa shape index (κ3) is 23.0. The van der Waals surface area contributed by atoms with Crippen LogP contribution in [-0.2, 0) is 19.2 Å². The fourth-order valence-electron chi connectivity index (χ4n) is 0.937. The van der Waals surface area contributed by atoms with E-state index in [0.29, 0.717) is 19.3 Å². The third-order valence-corrected chi connectivity index (χ3v) is 1.56. The van der Waals surface area contributed by atoms with Crippen molar-refractivity contribution < 1.29 is 19.2 Å². The van der Waals surface area contributed by atoms with Crippen molar-refractivity contribution in [2.24, 2.45) is 0 Å². The van der Waals surface area contributed by atoms with Gasteiger partial charge in [-0.2, -0.15) is 0 Å². The molecule has 0 aromatic carbocycles. The lowest BCUT2D eigenvalue weighted by atomic mass is 10.1. The van der Waals surface area contributed by atoms with E-state index in [1.165, 1.54) is 13.8 Å². The smallest absolute Gasteiger partial charge is 0.137 e. The lowest BCUT2D eigenvalue weighted by molar-refractivity contribution is -0.125. The maximum absolute atomic E-state index is 10.3. The molecule has 0 fully saturated rings. The van der Waals surface area contributed by atoms with Gasteiger partial charge in [-0.05, 0) is 34.1 Å². The molecular weight excluding hydrogens is 208 g/mol. The summed E-state index contributed by atoms with van der Waals surface area (Å²) >= 11 is 0. The van der Waals surface area contributed by atoms with Crippen LogP contribution >= 0.6 is 0 Å². The second-order valence-corrected chi connectivity index (χ2v) is 3.84. The molecule has 0 aromatic heterocycles. The van der Waals surface area contributed by atoms with Crippen molar-refractivity contribution in [3.8, 4) is 0 Å². The Morgan fingerprint density at radius 1 is 0.625 bits per heavy atom. The van der Waals surface area contributed by atoms with Crippen molar-refractivity contribution in [2.75, 3.05) is 0 Å². The Labute approximate surface area is 96.4 Å². The summed E-state index contributed by atoms with van der Waals surface area (Å²) in [5, 5.41) is 0. The molecule has 0 saturated heterocycles. The molecular formula is C12H20O4. The molecule has 4 heteroatoms. The van der Waals surface area contributed by atoms with Crippen LogP contribution in [-0.4, -0.2) is 23.1 Å². The molecule has 0 unspecified atom stereocenters. The van der Waals surface area contributed by atoms with Crippen molar-refractivity contribution >= 4 is 23.1 Å². The van der Waals surface area contributed by atoms with Crippen LogP contribution in [0.15, 0.2) is 0 Å². The van der Waals surface area contributed by atoms with Crippen LogP contribution in [0.25, 0.3) is 0 Å². The molecule has 0 radical (unpaired) electrons. The first-order chi connectivity index (χ1) is 7.25. The van der Waals surface area contributed by atoms with E-state index in [-0.39, 0.29) is 29.6 Å². The first-order valence-electron chi connectivity index (χ1n) is 5.23. The fourth-order valence-corrected chi connectivity index (χ4v) is 0.937. The van der Waals surface area contributed by atoms with Gasteiger partial charge in [-0.1, -0.05) is 0 Å². The molecule has 0 heterocycles. The molecule has 0 aliphatic heterocycles. The molecule has 0 aromatic rings. The number of hydrogen-bond acceptors (Lipinski definition) is 4. The number of carbonyl (C=O) groups is 4. The topological polar surface area (TPSA) is 68.3 Å². The van der Waals surface area contributed by atoms with Crippen LogP contribution in [0.3, 0.4) is 0 Å². The third-order valence-electron chi connectivity index (χ3n) is 1.56. The zero-order chi connectivity index (χ0) is 13.1. The number of Topliss-reactive ketones (excluding diaryl/α,β-unsaturated/α-hetero) is 4. The summed E-state index contributed by atoms with van der Waals surface area (Å²) < 4.78 is 0. The highest BCUT2D eigenvalue weighted by molar-refractivity contribution is 5.96. The predicted octanol–water partition coefficient (Wildman–Crippen LogP) is 1.89. The molecule has 0 spiro atoms. The Bertz CT molecular complexity index is 240. The number of carbonyl (C=O) groups excluding carboxylic acids is 4. The van der Waals surface area contributed by atoms with Gasteiger partial charge in [0.1, 0.15) is 23.1 Å². The Morgan fingerprint density at radius 3 is 1.06 bits per heavy atom. The van der Waals surface area contributed by atoms with Gasteiger partial charge in [0, 0.05) is 12.8 Å². The van der Waals surface area contributed by atoms with E-state index in [1.807, 2.05) is 0 Å². The first kappa shape index (κ1) is 17.1. The summed E-state index contributed by atoms with van der Waals surface area (Å²) in [5.41, 5.74) is 0. The normalized spacial score (nSPS) is 8.75. The second-order valence-electron chi connectivity index (χ2n) is 3.84. The minimum Gasteiger partial charge on any atom is -0.300 e. The molecule has 0 aliphatic rings. The van der Waals surface area contributed by atoms with E-state index in [4.69, 9.17) is 0 Å². The summed E-state index contributed by atoms with van der Waals surface area (Å²) in [6.07, 6.45) is 1.88. The minimum atomic E-state index is -0.0625. The van der Waals surface area contributed by atoms with Gasteiger partial charge in [-0.3, -0.25) is 9.59 Å². The van der Waals surface area contributed by atoms with Crippen LogP contribution in [0.2, 0.25) is 0 Å². The zero-order valence-electron chi connectivity index (χ0n) is 10.5. The Hall–Kier alpha value is -1.32.